The first-order valence-electron chi connectivity index (χ1n) is 8.94. The van der Waals surface area contributed by atoms with Gasteiger partial charge in [-0.3, -0.25) is 9.59 Å². The third kappa shape index (κ3) is 5.58. The smallest absolute Gasteiger partial charge is 0.355 e. The Morgan fingerprint density at radius 2 is 1.93 bits per heavy atom. The molecule has 0 aliphatic heterocycles. The molecule has 0 bridgehead atoms. The number of carbonyl (C=O) groups is 3. The second-order valence-electron chi connectivity index (χ2n) is 6.69. The number of benzene rings is 1. The quantitative estimate of drug-likeness (QED) is 0.595. The van der Waals surface area contributed by atoms with Crippen LogP contribution in [0.5, 0.6) is 0 Å². The zero-order chi connectivity index (χ0) is 21.7. The lowest BCUT2D eigenvalue weighted by molar-refractivity contribution is -0.136. The number of hydrogen-bond acceptors (Lipinski definition) is 5. The maximum atomic E-state index is 12.3. The van der Waals surface area contributed by atoms with Gasteiger partial charge in [0.25, 0.3) is 5.91 Å². The van der Waals surface area contributed by atoms with Gasteiger partial charge in [-0.15, -0.1) is 0 Å². The van der Waals surface area contributed by atoms with Crippen LogP contribution in [-0.4, -0.2) is 53.0 Å². The number of carbonyl (C=O) groups excluding carboxylic acids is 3. The number of rotatable bonds is 7. The molecule has 1 aromatic carbocycles. The van der Waals surface area contributed by atoms with Crippen molar-refractivity contribution in [3.05, 3.63) is 51.8 Å². The maximum absolute atomic E-state index is 12.3. The number of para-hydroxylation sites is 1. The number of aryl methyl sites for hydroxylation is 1. The highest BCUT2D eigenvalue weighted by molar-refractivity contribution is 6.33. The maximum Gasteiger partial charge on any atom is 0.355 e. The molecule has 1 atom stereocenters. The molecule has 1 aromatic heterocycles. The van der Waals surface area contributed by atoms with Gasteiger partial charge in [-0.05, 0) is 38.5 Å². The molecular formula is C20H24ClN3O5. The summed E-state index contributed by atoms with van der Waals surface area (Å²) >= 11 is 5.98. The standard InChI is InChI=1S/C20H24ClN3O5/c1-11-18(13(3)25)12(2)22-19(11)20(28)29-10-17(27)24(4)9-16(26)23-15-8-6-5-7-14(15)21/h5-8,13,22,25H,9-10H2,1-4H3,(H,23,26)/t13-/m1/s1. The minimum absolute atomic E-state index is 0.185. The third-order valence-corrected chi connectivity index (χ3v) is 4.73. The van der Waals surface area contributed by atoms with Gasteiger partial charge in [0.05, 0.1) is 23.4 Å². The summed E-state index contributed by atoms with van der Waals surface area (Å²) in [4.78, 5) is 40.6. The molecule has 2 aromatic rings. The fourth-order valence-corrected chi connectivity index (χ4v) is 3.14. The second-order valence-corrected chi connectivity index (χ2v) is 7.10. The van der Waals surface area contributed by atoms with E-state index in [0.29, 0.717) is 27.5 Å². The molecular weight excluding hydrogens is 398 g/mol. The van der Waals surface area contributed by atoms with E-state index in [0.717, 1.165) is 4.90 Å². The van der Waals surface area contributed by atoms with Crippen LogP contribution in [0.3, 0.4) is 0 Å². The third-order valence-electron chi connectivity index (χ3n) is 4.40. The van der Waals surface area contributed by atoms with Crippen molar-refractivity contribution >= 4 is 35.1 Å². The Bertz CT molecular complexity index is 923. The van der Waals surface area contributed by atoms with Gasteiger partial charge in [0, 0.05) is 18.3 Å². The largest absolute Gasteiger partial charge is 0.451 e. The number of halogens is 1. The van der Waals surface area contributed by atoms with Crippen LogP contribution in [0.15, 0.2) is 24.3 Å². The minimum Gasteiger partial charge on any atom is -0.451 e. The van der Waals surface area contributed by atoms with Gasteiger partial charge >= 0.3 is 5.97 Å². The van der Waals surface area contributed by atoms with E-state index in [1.54, 1.807) is 45.0 Å². The second kappa shape index (κ2) is 9.58. The zero-order valence-corrected chi connectivity index (χ0v) is 17.5. The van der Waals surface area contributed by atoms with Gasteiger partial charge in [-0.2, -0.15) is 0 Å². The number of aromatic nitrogens is 1. The molecule has 0 unspecified atom stereocenters. The van der Waals surface area contributed by atoms with Crippen LogP contribution in [0.1, 0.15) is 40.3 Å². The summed E-state index contributed by atoms with van der Waals surface area (Å²) in [6, 6.07) is 6.74. The monoisotopic (exact) mass is 421 g/mol. The Balaban J connectivity index is 1.90. The summed E-state index contributed by atoms with van der Waals surface area (Å²) in [6.45, 7) is 4.28. The summed E-state index contributed by atoms with van der Waals surface area (Å²) in [5.41, 5.74) is 2.48. The van der Waals surface area contributed by atoms with Crippen molar-refractivity contribution in [2.24, 2.45) is 0 Å². The molecule has 0 aliphatic rings. The molecule has 156 valence electrons. The number of esters is 1. The van der Waals surface area contributed by atoms with Crippen molar-refractivity contribution in [2.75, 3.05) is 25.5 Å². The number of H-pyrrole nitrogens is 1. The van der Waals surface area contributed by atoms with Gasteiger partial charge in [0.15, 0.2) is 6.61 Å². The number of anilines is 1. The summed E-state index contributed by atoms with van der Waals surface area (Å²) in [6.07, 6.45) is -0.739. The first kappa shape index (κ1) is 22.4. The Kier molecular flexibility index (Phi) is 7.41. The number of aliphatic hydroxyl groups excluding tert-OH is 1. The molecule has 29 heavy (non-hydrogen) atoms. The predicted octanol–water partition coefficient (Wildman–Crippen LogP) is 2.59. The van der Waals surface area contributed by atoms with Crippen LogP contribution >= 0.6 is 11.6 Å². The number of aromatic amines is 1. The molecule has 0 saturated heterocycles. The number of amides is 2. The average molecular weight is 422 g/mol. The van der Waals surface area contributed by atoms with Crippen LogP contribution in [0, 0.1) is 13.8 Å². The van der Waals surface area contributed by atoms with Crippen LogP contribution in [0.4, 0.5) is 5.69 Å². The SMILES string of the molecule is Cc1[nH]c(C(=O)OCC(=O)N(C)CC(=O)Nc2ccccc2Cl)c(C)c1[C@@H](C)O. The number of nitrogens with one attached hydrogen (secondary N) is 2. The number of likely N-dealkylation sites (N-methyl/N-ethyl adjacent to an activating group) is 1. The Morgan fingerprint density at radius 1 is 1.28 bits per heavy atom. The van der Waals surface area contributed by atoms with E-state index in [-0.39, 0.29) is 12.2 Å². The van der Waals surface area contributed by atoms with Gasteiger partial charge in [-0.1, -0.05) is 23.7 Å². The molecule has 0 fully saturated rings. The summed E-state index contributed by atoms with van der Waals surface area (Å²) < 4.78 is 5.06. The van der Waals surface area contributed by atoms with E-state index in [2.05, 4.69) is 10.3 Å². The zero-order valence-electron chi connectivity index (χ0n) is 16.7. The van der Waals surface area contributed by atoms with Crippen LogP contribution in [0.2, 0.25) is 5.02 Å². The molecule has 3 N–H and O–H groups in total. The molecule has 8 nitrogen and oxygen atoms in total. The molecule has 0 aliphatic carbocycles. The molecule has 0 spiro atoms. The van der Waals surface area contributed by atoms with E-state index in [4.69, 9.17) is 16.3 Å². The predicted molar refractivity (Wildman–Crippen MR) is 109 cm³/mol. The van der Waals surface area contributed by atoms with Gasteiger partial charge in [-0.25, -0.2) is 4.79 Å². The number of hydrogen-bond donors (Lipinski definition) is 3. The molecule has 1 heterocycles. The van der Waals surface area contributed by atoms with Crippen molar-refractivity contribution in [1.82, 2.24) is 9.88 Å². The molecule has 0 radical (unpaired) electrons. The van der Waals surface area contributed by atoms with Crippen molar-refractivity contribution in [2.45, 2.75) is 26.9 Å². The lowest BCUT2D eigenvalue weighted by Gasteiger charge is -2.17. The summed E-state index contributed by atoms with van der Waals surface area (Å²) in [5, 5.41) is 12.8. The first-order chi connectivity index (χ1) is 13.6. The first-order valence-corrected chi connectivity index (χ1v) is 9.32. The highest BCUT2D eigenvalue weighted by Crippen LogP contribution is 2.25. The highest BCUT2D eigenvalue weighted by Gasteiger charge is 2.22. The van der Waals surface area contributed by atoms with Crippen molar-refractivity contribution < 1.29 is 24.2 Å². The fourth-order valence-electron chi connectivity index (χ4n) is 2.96. The number of aliphatic hydroxyl groups is 1. The van der Waals surface area contributed by atoms with E-state index in [9.17, 15) is 19.5 Å². The Morgan fingerprint density at radius 3 is 2.52 bits per heavy atom. The van der Waals surface area contributed by atoms with E-state index in [1.165, 1.54) is 7.05 Å². The topological polar surface area (TPSA) is 112 Å². The van der Waals surface area contributed by atoms with Gasteiger partial charge in [0.1, 0.15) is 5.69 Å². The van der Waals surface area contributed by atoms with Gasteiger partial charge < -0.3 is 25.0 Å². The molecule has 9 heteroatoms. The normalized spacial score (nSPS) is 11.7. The molecule has 2 rings (SSSR count). The fraction of sp³-hybridized carbons (Fsp3) is 0.350. The lowest BCUT2D eigenvalue weighted by Crippen LogP contribution is -2.37. The van der Waals surface area contributed by atoms with Crippen LogP contribution in [-0.2, 0) is 14.3 Å². The molecule has 2 amide bonds. The Hall–Kier alpha value is -2.84. The van der Waals surface area contributed by atoms with Crippen LogP contribution in [0.25, 0.3) is 0 Å². The van der Waals surface area contributed by atoms with Crippen LogP contribution < -0.4 is 5.32 Å². The average Bonchev–Trinajstić information content (AvgIpc) is 2.95. The lowest BCUT2D eigenvalue weighted by atomic mass is 10.1. The summed E-state index contributed by atoms with van der Waals surface area (Å²) in [5.74, 6) is -1.68. The van der Waals surface area contributed by atoms with Crippen molar-refractivity contribution in [3.63, 3.8) is 0 Å². The summed E-state index contributed by atoms with van der Waals surface area (Å²) in [7, 11) is 1.43. The van der Waals surface area contributed by atoms with E-state index in [1.807, 2.05) is 0 Å². The van der Waals surface area contributed by atoms with Crippen molar-refractivity contribution in [1.29, 1.82) is 0 Å². The number of nitrogens with zero attached hydrogens (tertiary/aromatic N) is 1. The Labute approximate surface area is 173 Å². The number of ether oxygens (including phenoxy) is 1. The van der Waals surface area contributed by atoms with E-state index >= 15 is 0 Å². The van der Waals surface area contributed by atoms with Gasteiger partial charge in [0.2, 0.25) is 5.91 Å². The van der Waals surface area contributed by atoms with Crippen molar-refractivity contribution in [3.8, 4) is 0 Å². The molecule has 0 saturated carbocycles. The minimum atomic E-state index is -0.739. The highest BCUT2D eigenvalue weighted by atomic mass is 35.5. The van der Waals surface area contributed by atoms with E-state index < -0.39 is 30.5 Å².